The number of benzene rings is 1. The minimum Gasteiger partial charge on any atom is -0.379 e. The fourth-order valence-electron chi connectivity index (χ4n) is 2.56. The quantitative estimate of drug-likeness (QED) is 0.889. The number of nitrogens with zero attached hydrogens (tertiary/aromatic N) is 1. The molecule has 0 aliphatic carbocycles. The van der Waals surface area contributed by atoms with Gasteiger partial charge in [0.2, 0.25) is 0 Å². The molecule has 1 aliphatic heterocycles. The highest BCUT2D eigenvalue weighted by Crippen LogP contribution is 2.28. The number of likely N-dealkylation sites (N-methyl/N-ethyl adjacent to an activating group) is 1. The number of anilines is 1. The predicted octanol–water partition coefficient (Wildman–Crippen LogP) is 2.33. The van der Waals surface area contributed by atoms with Crippen molar-refractivity contribution in [1.82, 2.24) is 0 Å². The summed E-state index contributed by atoms with van der Waals surface area (Å²) in [7, 11) is 1.94. The number of para-hydroxylation sites is 1. The number of hydrogen-bond acceptors (Lipinski definition) is 3. The van der Waals surface area contributed by atoms with Gasteiger partial charge >= 0.3 is 0 Å². The zero-order valence-electron chi connectivity index (χ0n) is 11.7. The molecule has 3 nitrogen and oxygen atoms in total. The SMILES string of the molecule is CCC(N)Cc1cccc(F)c1N(C)C1CCOC1. The van der Waals surface area contributed by atoms with Crippen molar-refractivity contribution in [3.8, 4) is 0 Å². The van der Waals surface area contributed by atoms with Gasteiger partial charge in [0.1, 0.15) is 5.82 Å². The maximum Gasteiger partial charge on any atom is 0.146 e. The maximum atomic E-state index is 14.2. The summed E-state index contributed by atoms with van der Waals surface area (Å²) >= 11 is 0. The lowest BCUT2D eigenvalue weighted by Gasteiger charge is -2.28. The third-order valence-electron chi connectivity index (χ3n) is 3.88. The molecule has 2 unspecified atom stereocenters. The summed E-state index contributed by atoms with van der Waals surface area (Å²) in [6.45, 7) is 3.48. The molecule has 1 heterocycles. The van der Waals surface area contributed by atoms with Crippen molar-refractivity contribution in [2.75, 3.05) is 25.2 Å². The van der Waals surface area contributed by atoms with Crippen LogP contribution in [0.4, 0.5) is 10.1 Å². The van der Waals surface area contributed by atoms with Gasteiger partial charge in [0.05, 0.1) is 18.3 Å². The van der Waals surface area contributed by atoms with Gasteiger partial charge in [-0.2, -0.15) is 0 Å². The molecule has 2 atom stereocenters. The Morgan fingerprint density at radius 2 is 2.32 bits per heavy atom. The Hall–Kier alpha value is -1.13. The second-order valence-electron chi connectivity index (χ2n) is 5.25. The summed E-state index contributed by atoms with van der Waals surface area (Å²) in [4.78, 5) is 2.01. The molecule has 106 valence electrons. The third kappa shape index (κ3) is 3.25. The first-order valence-electron chi connectivity index (χ1n) is 6.97. The second kappa shape index (κ2) is 6.35. The zero-order valence-corrected chi connectivity index (χ0v) is 11.7. The molecule has 0 saturated carbocycles. The van der Waals surface area contributed by atoms with Gasteiger partial charge in [0.25, 0.3) is 0 Å². The van der Waals surface area contributed by atoms with Crippen LogP contribution in [0.2, 0.25) is 0 Å². The molecular formula is C15H23FN2O. The highest BCUT2D eigenvalue weighted by atomic mass is 19.1. The summed E-state index contributed by atoms with van der Waals surface area (Å²) in [6, 6.07) is 5.58. The van der Waals surface area contributed by atoms with E-state index in [0.717, 1.165) is 25.0 Å². The summed E-state index contributed by atoms with van der Waals surface area (Å²) in [5.74, 6) is -0.171. The largest absolute Gasteiger partial charge is 0.379 e. The van der Waals surface area contributed by atoms with Crippen molar-refractivity contribution >= 4 is 5.69 Å². The average molecular weight is 266 g/mol. The molecule has 1 fully saturated rings. The van der Waals surface area contributed by atoms with Gasteiger partial charge in [0, 0.05) is 19.7 Å². The van der Waals surface area contributed by atoms with Gasteiger partial charge in [-0.25, -0.2) is 4.39 Å². The molecule has 1 saturated heterocycles. The molecule has 0 spiro atoms. The lowest BCUT2D eigenvalue weighted by atomic mass is 10.0. The second-order valence-corrected chi connectivity index (χ2v) is 5.25. The van der Waals surface area contributed by atoms with Gasteiger partial charge < -0.3 is 15.4 Å². The first-order chi connectivity index (χ1) is 9.13. The van der Waals surface area contributed by atoms with E-state index < -0.39 is 0 Å². The van der Waals surface area contributed by atoms with Crippen LogP contribution in [0.5, 0.6) is 0 Å². The molecule has 4 heteroatoms. The standard InChI is InChI=1S/C15H23FN2O/c1-3-12(17)9-11-5-4-6-14(16)15(11)18(2)13-7-8-19-10-13/h4-6,12-13H,3,7-10,17H2,1-2H3. The van der Waals surface area contributed by atoms with E-state index in [4.69, 9.17) is 10.5 Å². The number of ether oxygens (including phenoxy) is 1. The van der Waals surface area contributed by atoms with Crippen LogP contribution < -0.4 is 10.6 Å². The van der Waals surface area contributed by atoms with Crippen LogP contribution >= 0.6 is 0 Å². The van der Waals surface area contributed by atoms with Crippen molar-refractivity contribution < 1.29 is 9.13 Å². The number of nitrogens with two attached hydrogens (primary N) is 1. The molecule has 1 aliphatic rings. The molecule has 0 radical (unpaired) electrons. The van der Waals surface area contributed by atoms with E-state index in [1.165, 1.54) is 6.07 Å². The fourth-order valence-corrected chi connectivity index (χ4v) is 2.56. The van der Waals surface area contributed by atoms with Crippen molar-refractivity contribution in [1.29, 1.82) is 0 Å². The number of rotatable bonds is 5. The van der Waals surface area contributed by atoms with Gasteiger partial charge in [-0.05, 0) is 30.9 Å². The van der Waals surface area contributed by atoms with Gasteiger partial charge in [0.15, 0.2) is 0 Å². The third-order valence-corrected chi connectivity index (χ3v) is 3.88. The zero-order chi connectivity index (χ0) is 13.8. The Morgan fingerprint density at radius 1 is 1.53 bits per heavy atom. The molecule has 2 rings (SSSR count). The van der Waals surface area contributed by atoms with Crippen LogP contribution in [0.25, 0.3) is 0 Å². The van der Waals surface area contributed by atoms with Crippen LogP contribution in [-0.4, -0.2) is 32.3 Å². The minimum atomic E-state index is -0.171. The Morgan fingerprint density at radius 3 is 2.95 bits per heavy atom. The molecule has 1 aromatic carbocycles. The first kappa shape index (κ1) is 14.3. The van der Waals surface area contributed by atoms with Gasteiger partial charge in [-0.15, -0.1) is 0 Å². The van der Waals surface area contributed by atoms with Crippen molar-refractivity contribution in [3.63, 3.8) is 0 Å². The van der Waals surface area contributed by atoms with Crippen LogP contribution in [0.3, 0.4) is 0 Å². The predicted molar refractivity (Wildman–Crippen MR) is 76.0 cm³/mol. The summed E-state index contributed by atoms with van der Waals surface area (Å²) in [6.07, 6.45) is 2.55. The minimum absolute atomic E-state index is 0.0776. The van der Waals surface area contributed by atoms with Gasteiger partial charge in [-0.3, -0.25) is 0 Å². The van der Waals surface area contributed by atoms with Crippen molar-refractivity contribution in [3.05, 3.63) is 29.6 Å². The smallest absolute Gasteiger partial charge is 0.146 e. The topological polar surface area (TPSA) is 38.5 Å². The molecule has 0 bridgehead atoms. The highest BCUT2D eigenvalue weighted by molar-refractivity contribution is 5.55. The Bertz CT molecular complexity index is 419. The van der Waals surface area contributed by atoms with E-state index in [1.54, 1.807) is 6.07 Å². The van der Waals surface area contributed by atoms with Crippen molar-refractivity contribution in [2.45, 2.75) is 38.3 Å². The lowest BCUT2D eigenvalue weighted by Crippen LogP contribution is -2.34. The van der Waals surface area contributed by atoms with Crippen LogP contribution in [-0.2, 0) is 11.2 Å². The average Bonchev–Trinajstić information content (AvgIpc) is 2.92. The van der Waals surface area contributed by atoms with Crippen LogP contribution in [0.1, 0.15) is 25.3 Å². The van der Waals surface area contributed by atoms with Gasteiger partial charge in [-0.1, -0.05) is 19.1 Å². The number of halogens is 1. The van der Waals surface area contributed by atoms with Crippen LogP contribution in [0.15, 0.2) is 18.2 Å². The Kier molecular flexibility index (Phi) is 4.77. The van der Waals surface area contributed by atoms with E-state index in [1.807, 2.05) is 18.0 Å². The van der Waals surface area contributed by atoms with E-state index in [9.17, 15) is 4.39 Å². The van der Waals surface area contributed by atoms with E-state index in [-0.39, 0.29) is 17.9 Å². The molecule has 0 amide bonds. The van der Waals surface area contributed by atoms with E-state index in [0.29, 0.717) is 18.7 Å². The molecular weight excluding hydrogens is 243 g/mol. The molecule has 2 N–H and O–H groups in total. The summed E-state index contributed by atoms with van der Waals surface area (Å²) in [5, 5.41) is 0. The molecule has 0 aromatic heterocycles. The summed E-state index contributed by atoms with van der Waals surface area (Å²) < 4.78 is 19.6. The highest BCUT2D eigenvalue weighted by Gasteiger charge is 2.24. The molecule has 19 heavy (non-hydrogen) atoms. The Balaban J connectivity index is 2.26. The first-order valence-corrected chi connectivity index (χ1v) is 6.97. The molecule has 1 aromatic rings. The van der Waals surface area contributed by atoms with E-state index >= 15 is 0 Å². The van der Waals surface area contributed by atoms with Crippen LogP contribution in [0, 0.1) is 5.82 Å². The lowest BCUT2D eigenvalue weighted by molar-refractivity contribution is 0.193. The number of hydrogen-bond donors (Lipinski definition) is 1. The normalized spacial score (nSPS) is 20.5. The monoisotopic (exact) mass is 266 g/mol. The Labute approximate surface area is 114 Å². The fraction of sp³-hybridized carbons (Fsp3) is 0.600. The van der Waals surface area contributed by atoms with Crippen molar-refractivity contribution in [2.24, 2.45) is 5.73 Å². The summed E-state index contributed by atoms with van der Waals surface area (Å²) in [5.41, 5.74) is 7.68. The maximum absolute atomic E-state index is 14.2. The van der Waals surface area contributed by atoms with E-state index in [2.05, 4.69) is 6.92 Å².